The third kappa shape index (κ3) is 7.56. The maximum Gasteiger partial charge on any atom is 0.159 e. The van der Waals surface area contributed by atoms with Gasteiger partial charge in [-0.25, -0.2) is 0 Å². The van der Waals surface area contributed by atoms with Crippen molar-refractivity contribution in [2.75, 3.05) is 0 Å². The quantitative estimate of drug-likeness (QED) is 0.104. The zero-order valence-electron chi connectivity index (χ0n) is 24.4. The number of hydrogen-bond donors (Lipinski definition) is 1. The number of ketones is 1. The molecule has 1 radical (unpaired) electrons. The Hall–Kier alpha value is -3.07. The fraction of sp³-hybridized carbons (Fsp3) is 0.333. The molecule has 0 saturated carbocycles. The molecule has 0 bridgehead atoms. The van der Waals surface area contributed by atoms with Crippen LogP contribution in [-0.4, -0.2) is 15.9 Å². The molecule has 1 aliphatic carbocycles. The van der Waals surface area contributed by atoms with Gasteiger partial charge < -0.3 is 10.1 Å². The van der Waals surface area contributed by atoms with Crippen molar-refractivity contribution in [3.63, 3.8) is 0 Å². The SMILES string of the molecule is CC(C)CC(=O)/C=C(\O)CC(C)C.CC(C)Cc1c[c-]c2c(c1)-c1ccccc1-c1cccc3ccnc-2c13.[Ir]. The van der Waals surface area contributed by atoms with Gasteiger partial charge in [0.15, 0.2) is 5.78 Å². The van der Waals surface area contributed by atoms with Gasteiger partial charge in [-0.2, -0.15) is 0 Å². The number of pyridine rings is 1. The van der Waals surface area contributed by atoms with Crippen LogP contribution in [0.15, 0.2) is 78.7 Å². The number of allylic oxidation sites excluding steroid dienone is 2. The Morgan fingerprint density at radius 3 is 2.15 bits per heavy atom. The second-order valence-corrected chi connectivity index (χ2v) is 11.8. The van der Waals surface area contributed by atoms with Gasteiger partial charge >= 0.3 is 0 Å². The number of carbonyl (C=O) groups is 1. The molecule has 0 unspecified atom stereocenters. The first-order valence-corrected chi connectivity index (χ1v) is 14.1. The van der Waals surface area contributed by atoms with Crippen molar-refractivity contribution in [1.82, 2.24) is 4.98 Å². The minimum absolute atomic E-state index is 0. The molecule has 0 atom stereocenters. The molecule has 0 amide bonds. The molecule has 4 heteroatoms. The Kier molecular flexibility index (Phi) is 11.0. The van der Waals surface area contributed by atoms with Gasteiger partial charge in [-0.05, 0) is 45.5 Å². The Bertz CT molecular complexity index is 1490. The van der Waals surface area contributed by atoms with Crippen LogP contribution >= 0.6 is 0 Å². The van der Waals surface area contributed by atoms with Crippen LogP contribution in [0.5, 0.6) is 0 Å². The van der Waals surface area contributed by atoms with E-state index in [-0.39, 0.29) is 31.6 Å². The summed E-state index contributed by atoms with van der Waals surface area (Å²) in [4.78, 5) is 16.0. The number of aromatic nitrogens is 1. The number of rotatable bonds is 7. The second-order valence-electron chi connectivity index (χ2n) is 11.8. The first kappa shape index (κ1) is 31.5. The first-order chi connectivity index (χ1) is 18.6. The van der Waals surface area contributed by atoms with Gasteiger partial charge in [0.25, 0.3) is 0 Å². The molecular formula is C36H40IrNO2-. The van der Waals surface area contributed by atoms with Crippen LogP contribution in [0.25, 0.3) is 44.3 Å². The van der Waals surface area contributed by atoms with Crippen LogP contribution in [0.2, 0.25) is 0 Å². The molecule has 211 valence electrons. The molecule has 1 N–H and O–H groups in total. The van der Waals surface area contributed by atoms with Crippen molar-refractivity contribution in [2.45, 2.75) is 60.8 Å². The topological polar surface area (TPSA) is 50.2 Å². The standard InChI is InChI=1S/C25H20N.C11H20O2.Ir/c1-16(2)14-17-10-11-22-23(15-17)20-8-4-3-7-19(20)21-9-5-6-18-12-13-26-25(22)24(18)21;1-8(2)5-10(12)7-11(13)6-9(3)4;/h3-10,12-13,15-16H,14H2,1-2H3;7-9,12H,5-6H2,1-4H3;/q-1;;/b;10-7-;. The third-order valence-corrected chi connectivity index (χ3v) is 6.73. The van der Waals surface area contributed by atoms with Crippen LogP contribution in [-0.2, 0) is 31.3 Å². The van der Waals surface area contributed by atoms with Crippen molar-refractivity contribution in [1.29, 1.82) is 0 Å². The van der Waals surface area contributed by atoms with E-state index >= 15 is 0 Å². The number of carbonyl (C=O) groups excluding carboxylic acids is 1. The molecule has 3 aromatic carbocycles. The van der Waals surface area contributed by atoms with Crippen molar-refractivity contribution >= 4 is 16.6 Å². The summed E-state index contributed by atoms with van der Waals surface area (Å²) in [7, 11) is 0. The first-order valence-electron chi connectivity index (χ1n) is 14.1. The van der Waals surface area contributed by atoms with E-state index in [4.69, 9.17) is 4.98 Å². The molecule has 1 heterocycles. The number of fused-ring (bicyclic) bond motifs is 5. The Labute approximate surface area is 253 Å². The van der Waals surface area contributed by atoms with Crippen molar-refractivity contribution in [3.05, 3.63) is 90.3 Å². The summed E-state index contributed by atoms with van der Waals surface area (Å²) in [6.45, 7) is 12.5. The zero-order chi connectivity index (χ0) is 28.1. The van der Waals surface area contributed by atoms with E-state index < -0.39 is 0 Å². The number of aliphatic hydroxyl groups excluding tert-OH is 1. The van der Waals surface area contributed by atoms with Gasteiger partial charge in [0, 0.05) is 45.2 Å². The molecule has 3 nitrogen and oxygen atoms in total. The van der Waals surface area contributed by atoms with Crippen LogP contribution in [0.1, 0.15) is 59.9 Å². The second kappa shape index (κ2) is 14.0. The summed E-state index contributed by atoms with van der Waals surface area (Å²) >= 11 is 0. The smallest absolute Gasteiger partial charge is 0.159 e. The van der Waals surface area contributed by atoms with Crippen LogP contribution in [0.3, 0.4) is 0 Å². The number of aliphatic hydroxyl groups is 1. The third-order valence-electron chi connectivity index (χ3n) is 6.73. The van der Waals surface area contributed by atoms with Gasteiger partial charge in [-0.15, -0.1) is 29.3 Å². The predicted molar refractivity (Wildman–Crippen MR) is 164 cm³/mol. The normalized spacial score (nSPS) is 11.9. The summed E-state index contributed by atoms with van der Waals surface area (Å²) in [5.74, 6) is 1.61. The molecule has 0 aliphatic heterocycles. The molecule has 4 aromatic rings. The number of hydrogen-bond acceptors (Lipinski definition) is 3. The largest absolute Gasteiger partial charge is 0.512 e. The van der Waals surface area contributed by atoms with Crippen LogP contribution < -0.4 is 0 Å². The molecule has 1 aliphatic rings. The zero-order valence-corrected chi connectivity index (χ0v) is 26.8. The minimum Gasteiger partial charge on any atom is -0.512 e. The number of benzene rings is 3. The van der Waals surface area contributed by atoms with E-state index in [9.17, 15) is 9.90 Å². The molecule has 40 heavy (non-hydrogen) atoms. The van der Waals surface area contributed by atoms with E-state index in [1.807, 2.05) is 33.9 Å². The van der Waals surface area contributed by atoms with Gasteiger partial charge in [0.2, 0.25) is 0 Å². The monoisotopic (exact) mass is 711 g/mol. The van der Waals surface area contributed by atoms with Crippen molar-refractivity contribution in [2.24, 2.45) is 17.8 Å². The maximum absolute atomic E-state index is 11.2. The van der Waals surface area contributed by atoms with E-state index in [2.05, 4.69) is 80.6 Å². The average molecular weight is 711 g/mol. The van der Waals surface area contributed by atoms with Gasteiger partial charge in [0.1, 0.15) is 0 Å². The molecular weight excluding hydrogens is 671 g/mol. The average Bonchev–Trinajstić information content (AvgIpc) is 2.98. The minimum atomic E-state index is 0. The number of nitrogens with zero attached hydrogens (tertiary/aromatic N) is 1. The molecule has 5 rings (SSSR count). The maximum atomic E-state index is 11.2. The molecule has 0 spiro atoms. The summed E-state index contributed by atoms with van der Waals surface area (Å²) in [5.41, 5.74) is 8.55. The van der Waals surface area contributed by atoms with Gasteiger partial charge in [0.05, 0.1) is 5.76 Å². The fourth-order valence-electron chi connectivity index (χ4n) is 5.26. The molecule has 0 saturated heterocycles. The molecule has 0 fully saturated rings. The van der Waals surface area contributed by atoms with Crippen LogP contribution in [0.4, 0.5) is 0 Å². The Morgan fingerprint density at radius 1 is 0.850 bits per heavy atom. The summed E-state index contributed by atoms with van der Waals surface area (Å²) in [6, 6.07) is 25.4. The van der Waals surface area contributed by atoms with Gasteiger partial charge in [-0.1, -0.05) is 107 Å². The van der Waals surface area contributed by atoms with Crippen molar-refractivity contribution < 1.29 is 30.0 Å². The summed E-state index contributed by atoms with van der Waals surface area (Å²) in [6.07, 6.45) is 5.44. The van der Waals surface area contributed by atoms with E-state index in [1.54, 1.807) is 0 Å². The Balaban J connectivity index is 0.000000272. The van der Waals surface area contributed by atoms with E-state index in [1.165, 1.54) is 44.7 Å². The van der Waals surface area contributed by atoms with Crippen LogP contribution in [0, 0.1) is 23.8 Å². The van der Waals surface area contributed by atoms with Crippen molar-refractivity contribution in [3.8, 4) is 33.5 Å². The predicted octanol–water partition coefficient (Wildman–Crippen LogP) is 9.63. The summed E-state index contributed by atoms with van der Waals surface area (Å²) in [5, 5.41) is 11.8. The summed E-state index contributed by atoms with van der Waals surface area (Å²) < 4.78 is 0. The van der Waals surface area contributed by atoms with Gasteiger partial charge in [-0.3, -0.25) is 4.79 Å². The Morgan fingerprint density at radius 2 is 1.50 bits per heavy atom. The fourth-order valence-corrected chi connectivity index (χ4v) is 5.26. The van der Waals surface area contributed by atoms with E-state index in [0.29, 0.717) is 30.6 Å². The van der Waals surface area contributed by atoms with E-state index in [0.717, 1.165) is 17.7 Å². The molecule has 1 aromatic heterocycles.